The Hall–Kier alpha value is -1.89. The third-order valence-corrected chi connectivity index (χ3v) is 5.40. The normalized spacial score (nSPS) is 17.7. The standard InChI is InChI=1S/C24H30O/c1-15-12-20-19(16-8-10-17(11-9-16)23(2,3)4)13-18(24(5,6)7)14-21(20)22(15)25/h8-11,13-15H,12H2,1-7H3. The highest BCUT2D eigenvalue weighted by Crippen LogP contribution is 2.39. The first-order chi connectivity index (χ1) is 11.5. The van der Waals surface area contributed by atoms with E-state index >= 15 is 0 Å². The Balaban J connectivity index is 2.17. The molecule has 0 N–H and O–H groups in total. The van der Waals surface area contributed by atoms with Crippen LogP contribution in [0, 0.1) is 5.92 Å². The van der Waals surface area contributed by atoms with Crippen molar-refractivity contribution in [2.24, 2.45) is 5.92 Å². The summed E-state index contributed by atoms with van der Waals surface area (Å²) in [6.07, 6.45) is 0.856. The van der Waals surface area contributed by atoms with Crippen LogP contribution in [0.15, 0.2) is 36.4 Å². The van der Waals surface area contributed by atoms with Crippen LogP contribution in [0.1, 0.15) is 75.5 Å². The van der Waals surface area contributed by atoms with E-state index in [2.05, 4.69) is 77.9 Å². The molecule has 1 aliphatic carbocycles. The van der Waals surface area contributed by atoms with Crippen LogP contribution in [0.4, 0.5) is 0 Å². The van der Waals surface area contributed by atoms with Crippen LogP contribution in [-0.2, 0) is 17.3 Å². The van der Waals surface area contributed by atoms with Gasteiger partial charge in [0.1, 0.15) is 0 Å². The van der Waals surface area contributed by atoms with E-state index in [1.165, 1.54) is 27.8 Å². The molecule has 2 aromatic rings. The zero-order chi connectivity index (χ0) is 18.6. The van der Waals surface area contributed by atoms with Gasteiger partial charge in [-0.25, -0.2) is 0 Å². The SMILES string of the molecule is CC1Cc2c(cc(C(C)(C)C)cc2-c2ccc(C(C)(C)C)cc2)C1=O. The van der Waals surface area contributed by atoms with Crippen LogP contribution >= 0.6 is 0 Å². The molecule has 1 nitrogen and oxygen atoms in total. The fourth-order valence-corrected chi connectivity index (χ4v) is 3.62. The lowest BCUT2D eigenvalue weighted by molar-refractivity contribution is 0.0946. The summed E-state index contributed by atoms with van der Waals surface area (Å²) in [5.41, 5.74) is 7.38. The Morgan fingerprint density at radius 2 is 1.32 bits per heavy atom. The quantitative estimate of drug-likeness (QED) is 0.596. The molecule has 0 aliphatic heterocycles. The maximum atomic E-state index is 12.6. The number of rotatable bonds is 1. The number of Topliss-reactive ketones (excluding diaryl/α,β-unsaturated/α-hetero) is 1. The van der Waals surface area contributed by atoms with Gasteiger partial charge in [0.05, 0.1) is 0 Å². The van der Waals surface area contributed by atoms with E-state index in [1.807, 2.05) is 6.92 Å². The van der Waals surface area contributed by atoms with Crippen molar-refractivity contribution in [2.75, 3.05) is 0 Å². The zero-order valence-electron chi connectivity index (χ0n) is 16.7. The molecule has 0 radical (unpaired) electrons. The van der Waals surface area contributed by atoms with E-state index in [4.69, 9.17) is 0 Å². The summed E-state index contributed by atoms with van der Waals surface area (Å²) >= 11 is 0. The second kappa shape index (κ2) is 5.83. The molecular weight excluding hydrogens is 304 g/mol. The van der Waals surface area contributed by atoms with Gasteiger partial charge in [0.25, 0.3) is 0 Å². The fraction of sp³-hybridized carbons (Fsp3) is 0.458. The van der Waals surface area contributed by atoms with Gasteiger partial charge in [-0.2, -0.15) is 0 Å². The number of carbonyl (C=O) groups excluding carboxylic acids is 1. The number of ketones is 1. The topological polar surface area (TPSA) is 17.1 Å². The van der Waals surface area contributed by atoms with Crippen molar-refractivity contribution in [3.05, 3.63) is 58.7 Å². The highest BCUT2D eigenvalue weighted by atomic mass is 16.1. The predicted octanol–water partition coefficient (Wildman–Crippen LogP) is 6.32. The molecule has 25 heavy (non-hydrogen) atoms. The Labute approximate surface area is 152 Å². The molecule has 1 unspecified atom stereocenters. The largest absolute Gasteiger partial charge is 0.294 e. The Morgan fingerprint density at radius 1 is 0.800 bits per heavy atom. The maximum absolute atomic E-state index is 12.6. The van der Waals surface area contributed by atoms with Crippen LogP contribution in [0.5, 0.6) is 0 Å². The van der Waals surface area contributed by atoms with Crippen molar-refractivity contribution in [2.45, 2.75) is 65.7 Å². The lowest BCUT2D eigenvalue weighted by atomic mass is 9.82. The average Bonchev–Trinajstić information content (AvgIpc) is 2.80. The predicted molar refractivity (Wildman–Crippen MR) is 106 cm³/mol. The molecule has 1 heteroatoms. The van der Waals surface area contributed by atoms with Crippen molar-refractivity contribution in [1.82, 2.24) is 0 Å². The summed E-state index contributed by atoms with van der Waals surface area (Å²) in [6.45, 7) is 15.4. The Kier molecular flexibility index (Phi) is 4.18. The summed E-state index contributed by atoms with van der Waals surface area (Å²) in [7, 11) is 0. The average molecular weight is 335 g/mol. The first-order valence-corrected chi connectivity index (χ1v) is 9.31. The molecule has 0 fully saturated rings. The summed E-state index contributed by atoms with van der Waals surface area (Å²) in [5, 5.41) is 0. The summed E-state index contributed by atoms with van der Waals surface area (Å²) in [5.74, 6) is 0.395. The van der Waals surface area contributed by atoms with Crippen LogP contribution in [0.25, 0.3) is 11.1 Å². The molecule has 3 rings (SSSR count). The molecule has 132 valence electrons. The number of carbonyl (C=O) groups is 1. The van der Waals surface area contributed by atoms with Crippen molar-refractivity contribution in [1.29, 1.82) is 0 Å². The smallest absolute Gasteiger partial charge is 0.166 e. The van der Waals surface area contributed by atoms with Crippen molar-refractivity contribution in [3.8, 4) is 11.1 Å². The molecular formula is C24H30O. The van der Waals surface area contributed by atoms with E-state index in [-0.39, 0.29) is 16.7 Å². The van der Waals surface area contributed by atoms with Gasteiger partial charge in [0.2, 0.25) is 0 Å². The van der Waals surface area contributed by atoms with Crippen molar-refractivity contribution in [3.63, 3.8) is 0 Å². The molecule has 0 saturated carbocycles. The third kappa shape index (κ3) is 3.29. The summed E-state index contributed by atoms with van der Waals surface area (Å²) in [4.78, 5) is 12.6. The molecule has 1 aliphatic rings. The van der Waals surface area contributed by atoms with E-state index in [0.29, 0.717) is 5.78 Å². The molecule has 0 heterocycles. The van der Waals surface area contributed by atoms with E-state index in [1.54, 1.807) is 0 Å². The molecule has 0 saturated heterocycles. The van der Waals surface area contributed by atoms with Crippen molar-refractivity contribution < 1.29 is 4.79 Å². The molecule has 0 bridgehead atoms. The Bertz CT molecular complexity index is 811. The van der Waals surface area contributed by atoms with Crippen molar-refractivity contribution >= 4 is 5.78 Å². The number of hydrogen-bond acceptors (Lipinski definition) is 1. The third-order valence-electron chi connectivity index (χ3n) is 5.40. The molecule has 2 aromatic carbocycles. The number of fused-ring (bicyclic) bond motifs is 1. The van der Waals surface area contributed by atoms with Crippen LogP contribution in [0.3, 0.4) is 0 Å². The molecule has 1 atom stereocenters. The molecule has 0 amide bonds. The zero-order valence-corrected chi connectivity index (χ0v) is 16.7. The molecule has 0 aromatic heterocycles. The van der Waals surface area contributed by atoms with Crippen LogP contribution in [-0.4, -0.2) is 5.78 Å². The number of benzene rings is 2. The van der Waals surface area contributed by atoms with Gasteiger partial charge in [-0.1, -0.05) is 78.8 Å². The highest BCUT2D eigenvalue weighted by Gasteiger charge is 2.31. The minimum atomic E-state index is 0.0290. The Morgan fingerprint density at radius 3 is 1.84 bits per heavy atom. The minimum absolute atomic E-state index is 0.0290. The lowest BCUT2D eigenvalue weighted by Gasteiger charge is -2.23. The van der Waals surface area contributed by atoms with Gasteiger partial charge in [-0.15, -0.1) is 0 Å². The highest BCUT2D eigenvalue weighted by molar-refractivity contribution is 6.04. The van der Waals surface area contributed by atoms with Gasteiger partial charge in [0.15, 0.2) is 5.78 Å². The fourth-order valence-electron chi connectivity index (χ4n) is 3.62. The van der Waals surface area contributed by atoms with Gasteiger partial charge in [-0.05, 0) is 51.1 Å². The maximum Gasteiger partial charge on any atom is 0.166 e. The van der Waals surface area contributed by atoms with Gasteiger partial charge >= 0.3 is 0 Å². The van der Waals surface area contributed by atoms with Crippen LogP contribution in [0.2, 0.25) is 0 Å². The number of hydrogen-bond donors (Lipinski definition) is 0. The van der Waals surface area contributed by atoms with E-state index in [9.17, 15) is 4.79 Å². The monoisotopic (exact) mass is 334 g/mol. The lowest BCUT2D eigenvalue weighted by Crippen LogP contribution is -2.13. The first kappa shape index (κ1) is 17.9. The first-order valence-electron chi connectivity index (χ1n) is 9.31. The minimum Gasteiger partial charge on any atom is -0.294 e. The summed E-state index contributed by atoms with van der Waals surface area (Å²) < 4.78 is 0. The van der Waals surface area contributed by atoms with Gasteiger partial charge in [0, 0.05) is 11.5 Å². The van der Waals surface area contributed by atoms with Gasteiger partial charge in [-0.3, -0.25) is 4.79 Å². The van der Waals surface area contributed by atoms with E-state index < -0.39 is 0 Å². The van der Waals surface area contributed by atoms with E-state index in [0.717, 1.165) is 12.0 Å². The van der Waals surface area contributed by atoms with Gasteiger partial charge < -0.3 is 0 Å². The second-order valence-electron chi connectivity index (χ2n) is 9.60. The molecule has 0 spiro atoms. The second-order valence-corrected chi connectivity index (χ2v) is 9.60. The van der Waals surface area contributed by atoms with Crippen LogP contribution < -0.4 is 0 Å². The summed E-state index contributed by atoms with van der Waals surface area (Å²) in [6, 6.07) is 13.3.